The number of piperazine rings is 1. The maximum absolute atomic E-state index is 12.6. The molecule has 29 heavy (non-hydrogen) atoms. The van der Waals surface area contributed by atoms with Crippen molar-refractivity contribution in [3.8, 4) is 0 Å². The van der Waals surface area contributed by atoms with Gasteiger partial charge in [-0.05, 0) is 49.5 Å². The fourth-order valence-electron chi connectivity index (χ4n) is 4.04. The maximum atomic E-state index is 12.6. The maximum Gasteiger partial charge on any atom is 0.227 e. The smallest absolute Gasteiger partial charge is 0.227 e. The van der Waals surface area contributed by atoms with Crippen molar-refractivity contribution in [2.75, 3.05) is 44.2 Å². The molecular weight excluding hydrogens is 404 g/mol. The number of hydrogen-bond acceptors (Lipinski definition) is 5. The van der Waals surface area contributed by atoms with Gasteiger partial charge < -0.3 is 9.80 Å². The zero-order valence-electron chi connectivity index (χ0n) is 17.0. The number of anilines is 1. The molecular formula is C22H29ClN4OS. The van der Waals surface area contributed by atoms with E-state index in [0.717, 1.165) is 49.3 Å². The first-order chi connectivity index (χ1) is 14.1. The van der Waals surface area contributed by atoms with E-state index in [1.54, 1.807) is 11.3 Å². The highest BCUT2D eigenvalue weighted by molar-refractivity contribution is 7.13. The number of hydrogen-bond donors (Lipinski definition) is 0. The Bertz CT molecular complexity index is 826. The van der Waals surface area contributed by atoms with Gasteiger partial charge >= 0.3 is 0 Å². The van der Waals surface area contributed by atoms with Gasteiger partial charge in [0, 0.05) is 43.1 Å². The fourth-order valence-corrected chi connectivity index (χ4v) is 5.13. The molecule has 156 valence electrons. The largest absolute Gasteiger partial charge is 0.345 e. The molecule has 2 saturated heterocycles. The van der Waals surface area contributed by atoms with Crippen molar-refractivity contribution in [3.63, 3.8) is 0 Å². The Kier molecular flexibility index (Phi) is 6.73. The quantitative estimate of drug-likeness (QED) is 0.717. The van der Waals surface area contributed by atoms with Crippen LogP contribution in [0.15, 0.2) is 29.6 Å². The third-order valence-electron chi connectivity index (χ3n) is 5.95. The van der Waals surface area contributed by atoms with Crippen LogP contribution in [0.2, 0.25) is 5.02 Å². The van der Waals surface area contributed by atoms with E-state index in [0.29, 0.717) is 11.4 Å². The van der Waals surface area contributed by atoms with Crippen LogP contribution in [0.3, 0.4) is 0 Å². The number of carbonyl (C=O) groups excluding carboxylic acids is 1. The van der Waals surface area contributed by atoms with Crippen LogP contribution in [0.1, 0.15) is 31.0 Å². The van der Waals surface area contributed by atoms with E-state index in [2.05, 4.69) is 22.1 Å². The van der Waals surface area contributed by atoms with Crippen molar-refractivity contribution in [1.29, 1.82) is 0 Å². The Labute approximate surface area is 182 Å². The highest BCUT2D eigenvalue weighted by atomic mass is 35.5. The summed E-state index contributed by atoms with van der Waals surface area (Å²) in [7, 11) is 0. The monoisotopic (exact) mass is 432 g/mol. The highest BCUT2D eigenvalue weighted by Crippen LogP contribution is 2.24. The standard InChI is InChI=1S/C22H29ClN4OS/c1-17-5-7-25(8-6-17)15-20-16-29-22(24-20)27-11-9-26(10-12-27)21(28)14-18-3-2-4-19(23)13-18/h2-4,13,16-17H,5-12,14-15H2,1H3. The van der Waals surface area contributed by atoms with Crippen LogP contribution in [-0.2, 0) is 17.8 Å². The Morgan fingerprint density at radius 3 is 2.66 bits per heavy atom. The van der Waals surface area contributed by atoms with Gasteiger partial charge in [0.25, 0.3) is 0 Å². The van der Waals surface area contributed by atoms with Gasteiger partial charge in [0.15, 0.2) is 5.13 Å². The molecule has 1 amide bonds. The van der Waals surface area contributed by atoms with Gasteiger partial charge in [-0.25, -0.2) is 4.98 Å². The Morgan fingerprint density at radius 1 is 1.17 bits per heavy atom. The van der Waals surface area contributed by atoms with Crippen LogP contribution in [0, 0.1) is 5.92 Å². The third-order valence-corrected chi connectivity index (χ3v) is 7.13. The molecule has 2 fully saturated rings. The Morgan fingerprint density at radius 2 is 1.93 bits per heavy atom. The first-order valence-corrected chi connectivity index (χ1v) is 11.8. The lowest BCUT2D eigenvalue weighted by Crippen LogP contribution is -2.49. The van der Waals surface area contributed by atoms with Crippen molar-refractivity contribution < 1.29 is 4.79 Å². The molecule has 0 saturated carbocycles. The topological polar surface area (TPSA) is 39.7 Å². The first kappa shape index (κ1) is 20.6. The summed E-state index contributed by atoms with van der Waals surface area (Å²) in [5.41, 5.74) is 2.15. The average molecular weight is 433 g/mol. The molecule has 0 aliphatic carbocycles. The fraction of sp³-hybridized carbons (Fsp3) is 0.545. The number of piperidine rings is 1. The molecule has 4 rings (SSSR count). The second-order valence-corrected chi connectivity index (χ2v) is 9.53. The van der Waals surface area contributed by atoms with Crippen molar-refractivity contribution in [2.45, 2.75) is 32.7 Å². The zero-order valence-corrected chi connectivity index (χ0v) is 18.6. The molecule has 0 N–H and O–H groups in total. The van der Waals surface area contributed by atoms with Gasteiger partial charge in [-0.2, -0.15) is 0 Å². The molecule has 0 unspecified atom stereocenters. The van der Waals surface area contributed by atoms with E-state index >= 15 is 0 Å². The van der Waals surface area contributed by atoms with E-state index in [4.69, 9.17) is 16.6 Å². The summed E-state index contributed by atoms with van der Waals surface area (Å²) in [5, 5.41) is 3.97. The van der Waals surface area contributed by atoms with Crippen LogP contribution in [0.5, 0.6) is 0 Å². The minimum absolute atomic E-state index is 0.172. The lowest BCUT2D eigenvalue weighted by atomic mass is 9.99. The average Bonchev–Trinajstić information content (AvgIpc) is 3.18. The predicted octanol–water partition coefficient (Wildman–Crippen LogP) is 3.92. The Balaban J connectivity index is 1.26. The molecule has 0 spiro atoms. The number of likely N-dealkylation sites (tertiary alicyclic amines) is 1. The summed E-state index contributed by atoms with van der Waals surface area (Å²) in [6.45, 7) is 8.85. The minimum atomic E-state index is 0.172. The lowest BCUT2D eigenvalue weighted by molar-refractivity contribution is -0.130. The number of nitrogens with zero attached hydrogens (tertiary/aromatic N) is 4. The molecule has 7 heteroatoms. The second kappa shape index (κ2) is 9.45. The van der Waals surface area contributed by atoms with Gasteiger partial charge in [0.05, 0.1) is 12.1 Å². The molecule has 0 bridgehead atoms. The molecule has 2 aliphatic heterocycles. The number of thiazole rings is 1. The predicted molar refractivity (Wildman–Crippen MR) is 120 cm³/mol. The van der Waals surface area contributed by atoms with Gasteiger partial charge in [0.2, 0.25) is 5.91 Å². The van der Waals surface area contributed by atoms with Crippen molar-refractivity contribution in [2.24, 2.45) is 5.92 Å². The van der Waals surface area contributed by atoms with Crippen LogP contribution in [0.4, 0.5) is 5.13 Å². The highest BCUT2D eigenvalue weighted by Gasteiger charge is 2.23. The summed E-state index contributed by atoms with van der Waals surface area (Å²) < 4.78 is 0. The van der Waals surface area contributed by atoms with E-state index in [1.807, 2.05) is 29.2 Å². The summed E-state index contributed by atoms with van der Waals surface area (Å²) in [6, 6.07) is 7.56. The van der Waals surface area contributed by atoms with Gasteiger partial charge in [-0.15, -0.1) is 11.3 Å². The van der Waals surface area contributed by atoms with Crippen molar-refractivity contribution in [1.82, 2.24) is 14.8 Å². The van der Waals surface area contributed by atoms with Crippen LogP contribution >= 0.6 is 22.9 Å². The van der Waals surface area contributed by atoms with E-state index in [1.165, 1.54) is 31.6 Å². The van der Waals surface area contributed by atoms with Gasteiger partial charge in [-0.3, -0.25) is 9.69 Å². The number of rotatable bonds is 5. The van der Waals surface area contributed by atoms with Crippen molar-refractivity contribution in [3.05, 3.63) is 45.9 Å². The molecule has 2 aromatic rings. The minimum Gasteiger partial charge on any atom is -0.345 e. The number of carbonyl (C=O) groups is 1. The molecule has 1 aromatic heterocycles. The SMILES string of the molecule is CC1CCN(Cc2csc(N3CCN(C(=O)Cc4cccc(Cl)c4)CC3)n2)CC1. The number of halogens is 1. The van der Waals surface area contributed by atoms with Crippen LogP contribution in [-0.4, -0.2) is 60.0 Å². The van der Waals surface area contributed by atoms with Crippen molar-refractivity contribution >= 4 is 34.0 Å². The van der Waals surface area contributed by atoms with E-state index in [-0.39, 0.29) is 5.91 Å². The second-order valence-electron chi connectivity index (χ2n) is 8.25. The van der Waals surface area contributed by atoms with E-state index < -0.39 is 0 Å². The summed E-state index contributed by atoms with van der Waals surface area (Å²) in [5.74, 6) is 1.03. The summed E-state index contributed by atoms with van der Waals surface area (Å²) >= 11 is 7.76. The molecule has 0 atom stereocenters. The zero-order chi connectivity index (χ0) is 20.2. The number of aromatic nitrogens is 1. The van der Waals surface area contributed by atoms with Gasteiger partial charge in [-0.1, -0.05) is 30.7 Å². The molecule has 0 radical (unpaired) electrons. The van der Waals surface area contributed by atoms with Gasteiger partial charge in [0.1, 0.15) is 0 Å². The molecule has 1 aromatic carbocycles. The van der Waals surface area contributed by atoms with Crippen LogP contribution in [0.25, 0.3) is 0 Å². The third kappa shape index (κ3) is 5.50. The lowest BCUT2D eigenvalue weighted by Gasteiger charge is -2.34. The molecule has 5 nitrogen and oxygen atoms in total. The number of amides is 1. The molecule has 2 aliphatic rings. The number of benzene rings is 1. The first-order valence-electron chi connectivity index (χ1n) is 10.5. The van der Waals surface area contributed by atoms with E-state index in [9.17, 15) is 4.79 Å². The summed E-state index contributed by atoms with van der Waals surface area (Å²) in [6.07, 6.45) is 3.00. The van der Waals surface area contributed by atoms with Crippen LogP contribution < -0.4 is 4.90 Å². The normalized spacial score (nSPS) is 19.0. The molecule has 3 heterocycles. The summed E-state index contributed by atoms with van der Waals surface area (Å²) in [4.78, 5) is 24.3. The Hall–Kier alpha value is -1.63.